The van der Waals surface area contributed by atoms with Gasteiger partial charge in [-0.2, -0.15) is 0 Å². The molecule has 0 spiro atoms. The predicted octanol–water partition coefficient (Wildman–Crippen LogP) is 0.849. The molecule has 0 aromatic heterocycles. The van der Waals surface area contributed by atoms with Gasteiger partial charge in [-0.05, 0) is 32.6 Å². The lowest BCUT2D eigenvalue weighted by molar-refractivity contribution is -0.146. The number of carbonyl (C=O) groups excluding carboxylic acids is 2. The van der Waals surface area contributed by atoms with Crippen molar-refractivity contribution >= 4 is 17.8 Å². The Kier molecular flexibility index (Phi) is 7.34. The molecule has 2 aliphatic rings. The second-order valence-corrected chi connectivity index (χ2v) is 6.36. The second-order valence-electron chi connectivity index (χ2n) is 6.36. The van der Waals surface area contributed by atoms with E-state index in [0.29, 0.717) is 13.0 Å². The van der Waals surface area contributed by atoms with Gasteiger partial charge in [-0.1, -0.05) is 0 Å². The Labute approximate surface area is 144 Å². The zero-order valence-electron chi connectivity index (χ0n) is 14.9. The summed E-state index contributed by atoms with van der Waals surface area (Å²) in [5.41, 5.74) is 0. The molecule has 1 amide bonds. The van der Waals surface area contributed by atoms with Crippen LogP contribution in [-0.4, -0.2) is 74.0 Å². The molecule has 1 N–H and O–H groups in total. The van der Waals surface area contributed by atoms with E-state index in [1.54, 1.807) is 0 Å². The van der Waals surface area contributed by atoms with Crippen LogP contribution >= 0.6 is 0 Å². The number of esters is 1. The molecule has 2 aliphatic heterocycles. The maximum atomic E-state index is 11.6. The third-order valence-electron chi connectivity index (χ3n) is 4.68. The van der Waals surface area contributed by atoms with Crippen LogP contribution in [0.3, 0.4) is 0 Å². The summed E-state index contributed by atoms with van der Waals surface area (Å²) in [7, 11) is 1.45. The number of methoxy groups -OCH3 is 1. The van der Waals surface area contributed by atoms with Gasteiger partial charge in [0, 0.05) is 45.7 Å². The molecule has 0 bridgehead atoms. The van der Waals surface area contributed by atoms with Crippen molar-refractivity contribution < 1.29 is 14.3 Å². The Morgan fingerprint density at radius 3 is 2.67 bits per heavy atom. The van der Waals surface area contributed by atoms with Gasteiger partial charge in [0.25, 0.3) is 0 Å². The van der Waals surface area contributed by atoms with E-state index in [9.17, 15) is 9.59 Å². The number of aliphatic imine (C=N–C) groups is 1. The monoisotopic (exact) mass is 338 g/mol. The molecule has 7 heteroatoms. The molecule has 2 rings (SSSR count). The van der Waals surface area contributed by atoms with Crippen molar-refractivity contribution in [3.8, 4) is 0 Å². The minimum Gasteiger partial charge on any atom is -0.469 e. The lowest BCUT2D eigenvalue weighted by Gasteiger charge is -2.33. The highest BCUT2D eigenvalue weighted by atomic mass is 16.5. The molecule has 2 saturated heterocycles. The van der Waals surface area contributed by atoms with Crippen LogP contribution in [0.15, 0.2) is 4.99 Å². The number of guanidine groups is 1. The maximum Gasteiger partial charge on any atom is 0.308 e. The first-order valence-corrected chi connectivity index (χ1v) is 9.04. The van der Waals surface area contributed by atoms with Gasteiger partial charge in [-0.15, -0.1) is 0 Å². The van der Waals surface area contributed by atoms with Crippen molar-refractivity contribution in [3.05, 3.63) is 0 Å². The summed E-state index contributed by atoms with van der Waals surface area (Å²) in [6, 6.07) is 0. The summed E-state index contributed by atoms with van der Waals surface area (Å²) in [4.78, 5) is 32.0. The Morgan fingerprint density at radius 2 is 2.08 bits per heavy atom. The highest BCUT2D eigenvalue weighted by Crippen LogP contribution is 2.18. The Bertz CT molecular complexity index is 459. The highest BCUT2D eigenvalue weighted by molar-refractivity contribution is 5.80. The van der Waals surface area contributed by atoms with E-state index in [1.165, 1.54) is 7.11 Å². The number of nitrogens with one attached hydrogen (secondary N) is 1. The Morgan fingerprint density at radius 1 is 1.33 bits per heavy atom. The number of amides is 1. The summed E-state index contributed by atoms with van der Waals surface area (Å²) >= 11 is 0. The second kappa shape index (κ2) is 9.49. The highest BCUT2D eigenvalue weighted by Gasteiger charge is 2.27. The first-order chi connectivity index (χ1) is 11.7. The summed E-state index contributed by atoms with van der Waals surface area (Å²) in [6.07, 6.45) is 4.18. The molecule has 0 aromatic rings. The standard InChI is InChI=1S/C17H30N4O3/c1-3-18-17(19-9-5-11-20-10-4-6-15(20)22)21-12-7-14(8-13-21)16(23)24-2/h14H,3-13H2,1-2H3,(H,18,19). The SMILES string of the molecule is CCNC(=NCCCN1CCCC1=O)N1CCC(C(=O)OC)CC1. The molecule has 7 nitrogen and oxygen atoms in total. The van der Waals surface area contributed by atoms with Crippen LogP contribution in [0.1, 0.15) is 39.0 Å². The smallest absolute Gasteiger partial charge is 0.308 e. The molecule has 136 valence electrons. The van der Waals surface area contributed by atoms with Gasteiger partial charge in [0.2, 0.25) is 5.91 Å². The minimum absolute atomic E-state index is 0.00954. The van der Waals surface area contributed by atoms with Gasteiger partial charge in [0.05, 0.1) is 13.0 Å². The molecule has 24 heavy (non-hydrogen) atoms. The average Bonchev–Trinajstić information content (AvgIpc) is 3.02. The van der Waals surface area contributed by atoms with Crippen LogP contribution < -0.4 is 5.32 Å². The van der Waals surface area contributed by atoms with Crippen molar-refractivity contribution in [2.75, 3.05) is 46.4 Å². The number of rotatable bonds is 6. The number of nitrogens with zero attached hydrogens (tertiary/aromatic N) is 3. The Hall–Kier alpha value is -1.79. The first-order valence-electron chi connectivity index (χ1n) is 9.04. The number of piperidine rings is 1. The third-order valence-corrected chi connectivity index (χ3v) is 4.68. The molecule has 0 saturated carbocycles. The molecular weight excluding hydrogens is 308 g/mol. The minimum atomic E-state index is -0.105. The van der Waals surface area contributed by atoms with E-state index in [2.05, 4.69) is 17.1 Å². The maximum absolute atomic E-state index is 11.6. The van der Waals surface area contributed by atoms with Crippen LogP contribution in [0.4, 0.5) is 0 Å². The number of likely N-dealkylation sites (tertiary alicyclic amines) is 2. The van der Waals surface area contributed by atoms with Crippen molar-refractivity contribution in [2.24, 2.45) is 10.9 Å². The average molecular weight is 338 g/mol. The van der Waals surface area contributed by atoms with Gasteiger partial charge in [-0.3, -0.25) is 14.6 Å². The van der Waals surface area contributed by atoms with E-state index in [0.717, 1.165) is 64.4 Å². The van der Waals surface area contributed by atoms with Gasteiger partial charge in [-0.25, -0.2) is 0 Å². The van der Waals surface area contributed by atoms with E-state index in [4.69, 9.17) is 9.73 Å². The molecule has 2 fully saturated rings. The van der Waals surface area contributed by atoms with Gasteiger partial charge in [0.1, 0.15) is 0 Å². The number of hydrogen-bond acceptors (Lipinski definition) is 4. The quantitative estimate of drug-likeness (QED) is 0.336. The van der Waals surface area contributed by atoms with Crippen molar-refractivity contribution in [1.82, 2.24) is 15.1 Å². The van der Waals surface area contributed by atoms with Crippen LogP contribution in [0.2, 0.25) is 0 Å². The first kappa shape index (κ1) is 18.5. The topological polar surface area (TPSA) is 74.2 Å². The molecule has 0 atom stereocenters. The van der Waals surface area contributed by atoms with Crippen LogP contribution in [0.5, 0.6) is 0 Å². The zero-order valence-corrected chi connectivity index (χ0v) is 14.9. The van der Waals surface area contributed by atoms with Crippen LogP contribution in [0, 0.1) is 5.92 Å². The summed E-state index contributed by atoms with van der Waals surface area (Å²) in [5.74, 6) is 1.09. The number of carbonyl (C=O) groups is 2. The normalized spacial score (nSPS) is 19.8. The molecule has 0 unspecified atom stereocenters. The molecule has 2 heterocycles. The summed E-state index contributed by atoms with van der Waals surface area (Å²) in [6.45, 7) is 6.91. The fourth-order valence-corrected chi connectivity index (χ4v) is 3.31. The van der Waals surface area contributed by atoms with Crippen molar-refractivity contribution in [1.29, 1.82) is 0 Å². The molecule has 0 radical (unpaired) electrons. The van der Waals surface area contributed by atoms with E-state index >= 15 is 0 Å². The van der Waals surface area contributed by atoms with Gasteiger partial charge in [0.15, 0.2) is 5.96 Å². The van der Waals surface area contributed by atoms with Gasteiger partial charge < -0.3 is 19.9 Å². The lowest BCUT2D eigenvalue weighted by Crippen LogP contribution is -2.46. The van der Waals surface area contributed by atoms with Crippen LogP contribution in [0.25, 0.3) is 0 Å². The molecule has 0 aromatic carbocycles. The van der Waals surface area contributed by atoms with E-state index < -0.39 is 0 Å². The van der Waals surface area contributed by atoms with E-state index in [1.807, 2.05) is 4.90 Å². The number of hydrogen-bond donors (Lipinski definition) is 1. The number of ether oxygens (including phenoxy) is 1. The largest absolute Gasteiger partial charge is 0.469 e. The predicted molar refractivity (Wildman–Crippen MR) is 92.7 cm³/mol. The zero-order chi connectivity index (χ0) is 17.4. The summed E-state index contributed by atoms with van der Waals surface area (Å²) in [5, 5.41) is 3.33. The van der Waals surface area contributed by atoms with Gasteiger partial charge >= 0.3 is 5.97 Å². The summed E-state index contributed by atoms with van der Waals surface area (Å²) < 4.78 is 4.83. The van der Waals surface area contributed by atoms with E-state index in [-0.39, 0.29) is 17.8 Å². The van der Waals surface area contributed by atoms with Crippen molar-refractivity contribution in [3.63, 3.8) is 0 Å². The third kappa shape index (κ3) is 5.11. The fraction of sp³-hybridized carbons (Fsp3) is 0.824. The lowest BCUT2D eigenvalue weighted by atomic mass is 9.97. The van der Waals surface area contributed by atoms with Crippen molar-refractivity contribution in [2.45, 2.75) is 39.0 Å². The molecular formula is C17H30N4O3. The Balaban J connectivity index is 1.78. The fourth-order valence-electron chi connectivity index (χ4n) is 3.31. The molecule has 0 aliphatic carbocycles. The van der Waals surface area contributed by atoms with Crippen LogP contribution in [-0.2, 0) is 14.3 Å².